The molecule has 3 rings (SSSR count). The molecular formula is C22H30N4O2. The van der Waals surface area contributed by atoms with Gasteiger partial charge in [0.2, 0.25) is 5.91 Å². The number of anilines is 1. The molecule has 0 bridgehead atoms. The number of fused-ring (bicyclic) bond motifs is 1. The Labute approximate surface area is 166 Å². The average Bonchev–Trinajstić information content (AvgIpc) is 2.86. The second-order valence-electron chi connectivity index (χ2n) is 8.37. The molecule has 0 aliphatic carbocycles. The van der Waals surface area contributed by atoms with E-state index in [2.05, 4.69) is 15.5 Å². The van der Waals surface area contributed by atoms with Gasteiger partial charge in [-0.05, 0) is 38.6 Å². The summed E-state index contributed by atoms with van der Waals surface area (Å²) in [5.41, 5.74) is 0.599. The highest BCUT2D eigenvalue weighted by atomic mass is 16.2. The average molecular weight is 383 g/mol. The van der Waals surface area contributed by atoms with Crippen LogP contribution in [-0.4, -0.2) is 60.0 Å². The van der Waals surface area contributed by atoms with Gasteiger partial charge in [-0.25, -0.2) is 4.79 Å². The van der Waals surface area contributed by atoms with Crippen LogP contribution in [0, 0.1) is 0 Å². The Balaban J connectivity index is 1.58. The molecule has 0 saturated carbocycles. The fourth-order valence-electron chi connectivity index (χ4n) is 3.52. The fraction of sp³-hybridized carbons (Fsp3) is 0.455. The zero-order valence-corrected chi connectivity index (χ0v) is 17.0. The second-order valence-corrected chi connectivity index (χ2v) is 8.37. The lowest BCUT2D eigenvalue weighted by atomic mass is 10.1. The highest BCUT2D eigenvalue weighted by Crippen LogP contribution is 2.23. The second kappa shape index (κ2) is 8.61. The molecule has 0 atom stereocenters. The van der Waals surface area contributed by atoms with Crippen LogP contribution in [0.25, 0.3) is 10.8 Å². The molecule has 2 N–H and O–H groups in total. The van der Waals surface area contributed by atoms with Gasteiger partial charge in [-0.2, -0.15) is 0 Å². The van der Waals surface area contributed by atoms with Crippen molar-refractivity contribution in [3.8, 4) is 0 Å². The van der Waals surface area contributed by atoms with Crippen molar-refractivity contribution >= 4 is 28.4 Å². The molecule has 0 aromatic heterocycles. The van der Waals surface area contributed by atoms with Gasteiger partial charge in [0, 0.05) is 37.1 Å². The van der Waals surface area contributed by atoms with Crippen LogP contribution in [0.1, 0.15) is 27.2 Å². The van der Waals surface area contributed by atoms with E-state index in [1.165, 1.54) is 0 Å². The van der Waals surface area contributed by atoms with Crippen molar-refractivity contribution in [1.29, 1.82) is 0 Å². The van der Waals surface area contributed by atoms with E-state index in [0.29, 0.717) is 26.2 Å². The number of nitrogens with zero attached hydrogens (tertiary/aromatic N) is 2. The van der Waals surface area contributed by atoms with Gasteiger partial charge in [0.05, 0.1) is 12.2 Å². The summed E-state index contributed by atoms with van der Waals surface area (Å²) in [4.78, 5) is 28.9. The fourth-order valence-corrected chi connectivity index (χ4v) is 3.52. The van der Waals surface area contributed by atoms with E-state index in [9.17, 15) is 9.59 Å². The number of amides is 3. The van der Waals surface area contributed by atoms with E-state index in [1.54, 1.807) is 0 Å². The van der Waals surface area contributed by atoms with E-state index in [4.69, 9.17) is 0 Å². The highest BCUT2D eigenvalue weighted by Gasteiger charge is 2.22. The van der Waals surface area contributed by atoms with Crippen molar-refractivity contribution in [3.05, 3.63) is 42.5 Å². The van der Waals surface area contributed by atoms with Crippen LogP contribution in [0.3, 0.4) is 0 Å². The molecule has 0 unspecified atom stereocenters. The van der Waals surface area contributed by atoms with Gasteiger partial charge >= 0.3 is 6.03 Å². The van der Waals surface area contributed by atoms with E-state index in [0.717, 1.165) is 29.4 Å². The number of hydrogen-bond donors (Lipinski definition) is 2. The van der Waals surface area contributed by atoms with Crippen molar-refractivity contribution in [2.75, 3.05) is 38.0 Å². The van der Waals surface area contributed by atoms with Crippen LogP contribution >= 0.6 is 0 Å². The Morgan fingerprint density at radius 2 is 1.71 bits per heavy atom. The number of rotatable bonds is 3. The van der Waals surface area contributed by atoms with E-state index >= 15 is 0 Å². The lowest BCUT2D eigenvalue weighted by Gasteiger charge is -2.25. The molecule has 0 spiro atoms. The van der Waals surface area contributed by atoms with Crippen LogP contribution < -0.4 is 10.6 Å². The Hall–Kier alpha value is -2.60. The third kappa shape index (κ3) is 5.45. The molecule has 1 aliphatic rings. The first-order valence-corrected chi connectivity index (χ1v) is 9.89. The summed E-state index contributed by atoms with van der Waals surface area (Å²) in [6.07, 6.45) is 0.853. The summed E-state index contributed by atoms with van der Waals surface area (Å²) in [5.74, 6) is 0.0288. The van der Waals surface area contributed by atoms with Gasteiger partial charge in [0.15, 0.2) is 0 Å². The van der Waals surface area contributed by atoms with E-state index in [1.807, 2.05) is 68.1 Å². The molecule has 1 fully saturated rings. The molecule has 150 valence electrons. The summed E-state index contributed by atoms with van der Waals surface area (Å²) < 4.78 is 0. The number of hydrogen-bond acceptors (Lipinski definition) is 3. The zero-order valence-electron chi connectivity index (χ0n) is 17.0. The summed E-state index contributed by atoms with van der Waals surface area (Å²) in [6.45, 7) is 9.12. The van der Waals surface area contributed by atoms with Crippen molar-refractivity contribution in [2.45, 2.75) is 32.7 Å². The lowest BCUT2D eigenvalue weighted by Crippen LogP contribution is -2.46. The summed E-state index contributed by atoms with van der Waals surface area (Å²) in [5, 5.41) is 8.19. The minimum Gasteiger partial charge on any atom is -0.350 e. The number of carbonyl (C=O) groups excluding carboxylic acids is 2. The number of nitrogens with one attached hydrogen (secondary N) is 2. The van der Waals surface area contributed by atoms with E-state index in [-0.39, 0.29) is 17.5 Å². The van der Waals surface area contributed by atoms with Crippen LogP contribution in [0.15, 0.2) is 42.5 Å². The normalized spacial score (nSPS) is 15.9. The van der Waals surface area contributed by atoms with Gasteiger partial charge in [0.1, 0.15) is 0 Å². The standard InChI is InChI=1S/C22H30N4O2/c1-22(2,3)24-20(27)16-25-12-7-13-26(15-14-25)21(28)23-19-11-6-9-17-8-4-5-10-18(17)19/h4-6,8-11H,7,12-16H2,1-3H3,(H,23,28)(H,24,27). The van der Waals surface area contributed by atoms with Gasteiger partial charge < -0.3 is 15.5 Å². The summed E-state index contributed by atoms with van der Waals surface area (Å²) >= 11 is 0. The zero-order chi connectivity index (χ0) is 20.1. The SMILES string of the molecule is CC(C)(C)NC(=O)CN1CCCN(C(=O)Nc2cccc3ccccc23)CC1. The predicted octanol–water partition coefficient (Wildman–Crippen LogP) is 3.29. The van der Waals surface area contributed by atoms with Gasteiger partial charge in [-0.15, -0.1) is 0 Å². The molecule has 2 aromatic rings. The highest BCUT2D eigenvalue weighted by molar-refractivity contribution is 6.01. The quantitative estimate of drug-likeness (QED) is 0.856. The molecule has 1 aliphatic heterocycles. The molecule has 0 radical (unpaired) electrons. The molecule has 1 saturated heterocycles. The first-order chi connectivity index (χ1) is 13.3. The van der Waals surface area contributed by atoms with Crippen LogP contribution in [-0.2, 0) is 4.79 Å². The number of benzene rings is 2. The maximum Gasteiger partial charge on any atom is 0.321 e. The van der Waals surface area contributed by atoms with Crippen molar-refractivity contribution < 1.29 is 9.59 Å². The van der Waals surface area contributed by atoms with Gasteiger partial charge in [-0.1, -0.05) is 36.4 Å². The maximum absolute atomic E-state index is 12.8. The first kappa shape index (κ1) is 20.1. The number of carbonyl (C=O) groups is 2. The number of urea groups is 1. The molecular weight excluding hydrogens is 352 g/mol. The maximum atomic E-state index is 12.8. The smallest absolute Gasteiger partial charge is 0.321 e. The Bertz CT molecular complexity index is 839. The van der Waals surface area contributed by atoms with Gasteiger partial charge in [-0.3, -0.25) is 9.69 Å². The van der Waals surface area contributed by atoms with E-state index < -0.39 is 0 Å². The van der Waals surface area contributed by atoms with Gasteiger partial charge in [0.25, 0.3) is 0 Å². The third-order valence-electron chi connectivity index (χ3n) is 4.79. The summed E-state index contributed by atoms with van der Waals surface area (Å²) in [6, 6.07) is 13.9. The molecule has 1 heterocycles. The van der Waals surface area contributed by atoms with Crippen LogP contribution in [0.4, 0.5) is 10.5 Å². The van der Waals surface area contributed by atoms with Crippen molar-refractivity contribution in [1.82, 2.24) is 15.1 Å². The molecule has 6 nitrogen and oxygen atoms in total. The lowest BCUT2D eigenvalue weighted by molar-refractivity contribution is -0.123. The van der Waals surface area contributed by atoms with Crippen LogP contribution in [0.2, 0.25) is 0 Å². The monoisotopic (exact) mass is 382 g/mol. The molecule has 3 amide bonds. The largest absolute Gasteiger partial charge is 0.350 e. The summed E-state index contributed by atoms with van der Waals surface area (Å²) in [7, 11) is 0. The Morgan fingerprint density at radius 1 is 0.964 bits per heavy atom. The topological polar surface area (TPSA) is 64.7 Å². The molecule has 2 aromatic carbocycles. The molecule has 28 heavy (non-hydrogen) atoms. The Morgan fingerprint density at radius 3 is 2.50 bits per heavy atom. The molecule has 6 heteroatoms. The first-order valence-electron chi connectivity index (χ1n) is 9.89. The third-order valence-corrected chi connectivity index (χ3v) is 4.79. The van der Waals surface area contributed by atoms with Crippen LogP contribution in [0.5, 0.6) is 0 Å². The van der Waals surface area contributed by atoms with Crippen molar-refractivity contribution in [3.63, 3.8) is 0 Å². The van der Waals surface area contributed by atoms with Crippen molar-refractivity contribution in [2.24, 2.45) is 0 Å². The minimum atomic E-state index is -0.229. The predicted molar refractivity (Wildman–Crippen MR) is 113 cm³/mol. The minimum absolute atomic E-state index is 0.0288. The Kier molecular flexibility index (Phi) is 6.19.